The molecule has 210 valence electrons. The van der Waals surface area contributed by atoms with Crippen molar-refractivity contribution < 1.29 is 53.4 Å². The lowest BCUT2D eigenvalue weighted by atomic mass is 9.46. The first-order chi connectivity index (χ1) is 18.2. The molecule has 5 bridgehead atoms. The molecule has 5 saturated heterocycles. The van der Waals surface area contributed by atoms with E-state index in [1.54, 1.807) is 20.8 Å². The molecule has 39 heavy (non-hydrogen) atoms. The van der Waals surface area contributed by atoms with Crippen LogP contribution in [0.25, 0.3) is 0 Å². The van der Waals surface area contributed by atoms with Crippen molar-refractivity contribution in [3.63, 3.8) is 0 Å². The van der Waals surface area contributed by atoms with Gasteiger partial charge < -0.3 is 34.3 Å². The van der Waals surface area contributed by atoms with Crippen molar-refractivity contribution in [2.75, 3.05) is 6.61 Å². The molecule has 0 aromatic carbocycles. The van der Waals surface area contributed by atoms with Crippen molar-refractivity contribution in [3.05, 3.63) is 12.2 Å². The van der Waals surface area contributed by atoms with Gasteiger partial charge in [0, 0.05) is 5.92 Å². The molecule has 8 aliphatic rings. The summed E-state index contributed by atoms with van der Waals surface area (Å²) < 4.78 is 24.9. The molecule has 11 nitrogen and oxygen atoms in total. The smallest absolute Gasteiger partial charge is 0.342 e. The Labute approximate surface area is 223 Å². The average Bonchev–Trinajstić information content (AvgIpc) is 3.19. The molecule has 11 heteroatoms. The van der Waals surface area contributed by atoms with Crippen LogP contribution in [-0.2, 0) is 38.1 Å². The van der Waals surface area contributed by atoms with Crippen LogP contribution >= 0.6 is 0 Å². The summed E-state index contributed by atoms with van der Waals surface area (Å²) in [6.45, 7) is 4.69. The molecular formula is C28H32O11. The van der Waals surface area contributed by atoms with Crippen LogP contribution in [0.4, 0.5) is 0 Å². The largest absolute Gasteiger partial charge is 0.458 e. The van der Waals surface area contributed by atoms with Crippen LogP contribution in [0.15, 0.2) is 12.2 Å². The van der Waals surface area contributed by atoms with Gasteiger partial charge in [0.1, 0.15) is 11.7 Å². The van der Waals surface area contributed by atoms with Gasteiger partial charge in [-0.1, -0.05) is 13.0 Å². The minimum atomic E-state index is -2.32. The zero-order valence-corrected chi connectivity index (χ0v) is 22.0. The molecule has 0 radical (unpaired) electrons. The molecule has 2 saturated carbocycles. The summed E-state index contributed by atoms with van der Waals surface area (Å²) >= 11 is 0. The third-order valence-electron chi connectivity index (χ3n) is 12.7. The normalized spacial score (nSPS) is 62.0. The van der Waals surface area contributed by atoms with Gasteiger partial charge in [0.05, 0.1) is 30.0 Å². The number of Topliss-reactive ketones (excluding diaryl/α,β-unsaturated/α-hetero) is 1. The second-order valence-electron chi connectivity index (χ2n) is 13.8. The Morgan fingerprint density at radius 1 is 1.05 bits per heavy atom. The van der Waals surface area contributed by atoms with Crippen molar-refractivity contribution in [2.24, 2.45) is 34.5 Å². The number of ether oxygens (including phenoxy) is 4. The van der Waals surface area contributed by atoms with Crippen molar-refractivity contribution in [1.82, 2.24) is 0 Å². The Morgan fingerprint density at radius 3 is 2.54 bits per heavy atom. The van der Waals surface area contributed by atoms with Gasteiger partial charge in [0.15, 0.2) is 28.4 Å². The minimum absolute atomic E-state index is 0.0207. The van der Waals surface area contributed by atoms with E-state index in [2.05, 4.69) is 0 Å². The Kier molecular flexibility index (Phi) is 4.09. The van der Waals surface area contributed by atoms with E-state index in [9.17, 15) is 34.5 Å². The molecule has 2 spiro atoms. The zero-order valence-electron chi connectivity index (χ0n) is 22.0. The van der Waals surface area contributed by atoms with Crippen LogP contribution < -0.4 is 0 Å². The Bertz CT molecular complexity index is 1330. The van der Waals surface area contributed by atoms with Crippen LogP contribution in [0.2, 0.25) is 0 Å². The lowest BCUT2D eigenvalue weighted by molar-refractivity contribution is -0.382. The van der Waals surface area contributed by atoms with Crippen LogP contribution in [0.3, 0.4) is 0 Å². The molecule has 0 unspecified atom stereocenters. The van der Waals surface area contributed by atoms with Crippen LogP contribution in [-0.4, -0.2) is 85.8 Å². The first-order valence-corrected chi connectivity index (χ1v) is 13.8. The highest BCUT2D eigenvalue weighted by atomic mass is 16.8. The highest BCUT2D eigenvalue weighted by Crippen LogP contribution is 2.75. The van der Waals surface area contributed by atoms with Crippen molar-refractivity contribution in [2.45, 2.75) is 93.3 Å². The number of ketones is 2. The van der Waals surface area contributed by atoms with Gasteiger partial charge in [-0.25, -0.2) is 4.79 Å². The molecule has 5 aliphatic heterocycles. The fourth-order valence-corrected chi connectivity index (χ4v) is 10.6. The van der Waals surface area contributed by atoms with Crippen LogP contribution in [0, 0.1) is 34.5 Å². The third-order valence-corrected chi connectivity index (χ3v) is 12.7. The maximum Gasteiger partial charge on any atom is 0.342 e. The molecule has 3 N–H and O–H groups in total. The molecule has 13 atom stereocenters. The van der Waals surface area contributed by atoms with E-state index in [-0.39, 0.29) is 38.7 Å². The second-order valence-corrected chi connectivity index (χ2v) is 13.8. The van der Waals surface area contributed by atoms with Crippen LogP contribution in [0.5, 0.6) is 0 Å². The predicted octanol–water partition coefficient (Wildman–Crippen LogP) is -0.277. The van der Waals surface area contributed by atoms with Gasteiger partial charge in [0.25, 0.3) is 0 Å². The predicted molar refractivity (Wildman–Crippen MR) is 125 cm³/mol. The molecule has 7 fully saturated rings. The van der Waals surface area contributed by atoms with Gasteiger partial charge >= 0.3 is 11.9 Å². The molecule has 0 amide bonds. The van der Waals surface area contributed by atoms with E-state index in [4.69, 9.17) is 18.9 Å². The fourth-order valence-electron chi connectivity index (χ4n) is 10.6. The number of hydrogen-bond acceptors (Lipinski definition) is 11. The quantitative estimate of drug-likeness (QED) is 0.344. The second kappa shape index (κ2) is 6.49. The third kappa shape index (κ3) is 2.10. The fraction of sp³-hybridized carbons (Fsp3) is 0.786. The summed E-state index contributed by atoms with van der Waals surface area (Å²) in [4.78, 5) is 55.5. The monoisotopic (exact) mass is 544 g/mol. The number of allylic oxidation sites excluding steroid dienone is 1. The summed E-state index contributed by atoms with van der Waals surface area (Å²) in [5.41, 5.74) is -10.4. The van der Waals surface area contributed by atoms with Gasteiger partial charge in [0.2, 0.25) is 5.79 Å². The summed E-state index contributed by atoms with van der Waals surface area (Å²) in [6.07, 6.45) is 0.491. The Hall–Kier alpha value is -2.18. The summed E-state index contributed by atoms with van der Waals surface area (Å²) in [6, 6.07) is 0. The molecule has 0 aromatic heterocycles. The molecule has 3 aliphatic carbocycles. The van der Waals surface area contributed by atoms with Crippen molar-refractivity contribution in [1.29, 1.82) is 0 Å². The molecule has 8 rings (SSSR count). The van der Waals surface area contributed by atoms with Gasteiger partial charge in [-0.3, -0.25) is 14.4 Å². The van der Waals surface area contributed by atoms with Crippen molar-refractivity contribution in [3.8, 4) is 0 Å². The number of esters is 2. The number of carbonyl (C=O) groups excluding carboxylic acids is 4. The zero-order chi connectivity index (χ0) is 27.8. The Balaban J connectivity index is 1.43. The average molecular weight is 545 g/mol. The number of hydrogen-bond donors (Lipinski definition) is 3. The molecule has 0 aromatic rings. The van der Waals surface area contributed by atoms with E-state index in [0.717, 1.165) is 0 Å². The van der Waals surface area contributed by atoms with Gasteiger partial charge in [-0.05, 0) is 63.4 Å². The number of aliphatic hydroxyl groups excluding tert-OH is 1. The minimum Gasteiger partial charge on any atom is -0.458 e. The van der Waals surface area contributed by atoms with Crippen LogP contribution in [0.1, 0.15) is 52.9 Å². The van der Waals surface area contributed by atoms with Crippen molar-refractivity contribution >= 4 is 23.5 Å². The van der Waals surface area contributed by atoms with E-state index >= 15 is 0 Å². The van der Waals surface area contributed by atoms with E-state index in [1.165, 1.54) is 12.2 Å². The maximum absolute atomic E-state index is 14.9. The summed E-state index contributed by atoms with van der Waals surface area (Å²) in [7, 11) is 0. The number of rotatable bonds is 0. The van der Waals surface area contributed by atoms with E-state index in [0.29, 0.717) is 0 Å². The number of aliphatic hydroxyl groups is 3. The summed E-state index contributed by atoms with van der Waals surface area (Å²) in [5, 5.41) is 35.6. The maximum atomic E-state index is 14.9. The lowest BCUT2D eigenvalue weighted by Gasteiger charge is -2.64. The summed E-state index contributed by atoms with van der Waals surface area (Å²) in [5.74, 6) is -8.35. The number of carbonyl (C=O) groups is 4. The first-order valence-electron chi connectivity index (χ1n) is 13.8. The van der Waals surface area contributed by atoms with Gasteiger partial charge in [-0.15, -0.1) is 0 Å². The van der Waals surface area contributed by atoms with E-state index < -0.39 is 98.4 Å². The molecule has 5 heterocycles. The highest BCUT2D eigenvalue weighted by molar-refractivity contribution is 6.00. The van der Waals surface area contributed by atoms with Gasteiger partial charge in [-0.2, -0.15) is 0 Å². The first kappa shape index (κ1) is 24.6. The SMILES string of the molecule is C[C@@]12C[C@H]3OC(=O)[C@@H]1CO[C@@]14O[C@]5([C@H]2C1=O)[C@@](O)(CC[C@H]1[C@H]4C[C@@H](O)[C@@]2(O)CC=CC(=O)[C@]12C)C(=O)O[C@@]35C. The molecular weight excluding hydrogens is 512 g/mol. The standard InChI is InChI=1S/C28H32O11/c1-22-10-17-24(3)28-18(22)19(31)27(39-28,36-11-14(22)20(32)37-17)13-9-16(30)25(34)7-4-5-15(29)23(25,2)12(13)6-8-26(28,35)21(33)38-24/h4-5,12-14,16-18,30,34-35H,6-11H2,1-3H3/t12-,13+,14-,16+,17+,18-,22+,23-,24-,25-,26+,27-,28-/m0/s1. The number of fused-ring (bicyclic) bond motifs is 5. The van der Waals surface area contributed by atoms with E-state index in [1.807, 2.05) is 0 Å². The topological polar surface area (TPSA) is 166 Å². The lowest BCUT2D eigenvalue weighted by Crippen LogP contribution is -2.79. The Morgan fingerprint density at radius 2 is 1.79 bits per heavy atom. The highest BCUT2D eigenvalue weighted by Gasteiger charge is 2.93.